The van der Waals surface area contributed by atoms with Crippen molar-refractivity contribution in [2.24, 2.45) is 0 Å². The Morgan fingerprint density at radius 1 is 0.488 bits per heavy atom. The van der Waals surface area contributed by atoms with E-state index in [0.29, 0.717) is 5.39 Å². The van der Waals surface area contributed by atoms with Crippen LogP contribution >= 0.6 is 0 Å². The minimum Gasteiger partial charge on any atom is -0.457 e. The molecule has 7 aromatic rings. The van der Waals surface area contributed by atoms with Gasteiger partial charge in [-0.2, -0.15) is 0 Å². The number of ether oxygens (including phenoxy) is 1. The normalized spacial score (nSPS) is 13.9. The Kier molecular flexibility index (Phi) is 4.41. The quantitative estimate of drug-likeness (QED) is 0.201. The topological polar surface area (TPSA) is 31.2 Å². The molecule has 0 fully saturated rings. The third-order valence-corrected chi connectivity index (χ3v) is 8.87. The van der Waals surface area contributed by atoms with Crippen LogP contribution in [0.3, 0.4) is 0 Å². The second-order valence-electron chi connectivity index (χ2n) is 10.8. The van der Waals surface area contributed by atoms with Crippen LogP contribution in [-0.2, 0) is 5.41 Å². The van der Waals surface area contributed by atoms with E-state index in [9.17, 15) is 4.79 Å². The molecule has 1 spiro atoms. The molecule has 0 aliphatic carbocycles. The van der Waals surface area contributed by atoms with E-state index in [2.05, 4.69) is 84.9 Å². The van der Waals surface area contributed by atoms with Crippen molar-refractivity contribution < 1.29 is 4.74 Å². The SMILES string of the molecule is O=c1c2ccc(-c3ccccc3)cc2c2cccc3c2n1-c1ccccc1C31c2ccccc2Oc2ccccc21. The van der Waals surface area contributed by atoms with Crippen LogP contribution in [-0.4, -0.2) is 4.57 Å². The maximum Gasteiger partial charge on any atom is 0.263 e. The summed E-state index contributed by atoms with van der Waals surface area (Å²) in [5.41, 5.74) is 7.73. The molecule has 6 aromatic carbocycles. The molecule has 0 atom stereocenters. The van der Waals surface area contributed by atoms with Gasteiger partial charge < -0.3 is 4.74 Å². The lowest BCUT2D eigenvalue weighted by molar-refractivity contribution is 0.433. The summed E-state index contributed by atoms with van der Waals surface area (Å²) in [6, 6.07) is 48.0. The van der Waals surface area contributed by atoms with E-state index in [0.717, 1.165) is 66.9 Å². The average molecular weight is 526 g/mol. The molecule has 3 nitrogen and oxygen atoms in total. The van der Waals surface area contributed by atoms with Crippen LogP contribution in [0.2, 0.25) is 0 Å². The van der Waals surface area contributed by atoms with Gasteiger partial charge in [0, 0.05) is 21.9 Å². The molecule has 2 aliphatic rings. The first-order valence-electron chi connectivity index (χ1n) is 13.9. The van der Waals surface area contributed by atoms with Gasteiger partial charge in [0.05, 0.1) is 16.6 Å². The van der Waals surface area contributed by atoms with E-state index in [1.807, 2.05) is 59.2 Å². The van der Waals surface area contributed by atoms with E-state index >= 15 is 0 Å². The summed E-state index contributed by atoms with van der Waals surface area (Å²) in [6.07, 6.45) is 0. The molecule has 0 saturated carbocycles. The van der Waals surface area contributed by atoms with Gasteiger partial charge in [-0.05, 0) is 58.0 Å². The second kappa shape index (κ2) is 8.06. The first-order chi connectivity index (χ1) is 20.3. The number of aromatic nitrogens is 1. The van der Waals surface area contributed by atoms with Crippen LogP contribution in [0.5, 0.6) is 11.5 Å². The summed E-state index contributed by atoms with van der Waals surface area (Å²) in [4.78, 5) is 14.5. The number of para-hydroxylation sites is 4. The highest BCUT2D eigenvalue weighted by molar-refractivity contribution is 6.10. The number of fused-ring (bicyclic) bond motifs is 10. The van der Waals surface area contributed by atoms with Gasteiger partial charge in [-0.3, -0.25) is 9.36 Å². The zero-order valence-electron chi connectivity index (χ0n) is 22.0. The van der Waals surface area contributed by atoms with Crippen LogP contribution in [0.1, 0.15) is 22.3 Å². The van der Waals surface area contributed by atoms with Gasteiger partial charge in [0.25, 0.3) is 5.56 Å². The minimum atomic E-state index is -0.654. The van der Waals surface area contributed by atoms with Crippen molar-refractivity contribution in [1.29, 1.82) is 0 Å². The first-order valence-corrected chi connectivity index (χ1v) is 13.9. The van der Waals surface area contributed by atoms with Gasteiger partial charge >= 0.3 is 0 Å². The Bertz CT molecular complexity index is 2220. The molecule has 0 saturated heterocycles. The molecular weight excluding hydrogens is 502 g/mol. The summed E-state index contributed by atoms with van der Waals surface area (Å²) in [5.74, 6) is 1.67. The fourth-order valence-electron chi connectivity index (χ4n) is 7.23. The Morgan fingerprint density at radius 2 is 1.12 bits per heavy atom. The van der Waals surface area contributed by atoms with Gasteiger partial charge in [0.15, 0.2) is 0 Å². The highest BCUT2D eigenvalue weighted by Gasteiger charge is 2.49. The molecule has 192 valence electrons. The summed E-state index contributed by atoms with van der Waals surface area (Å²) in [6.45, 7) is 0. The monoisotopic (exact) mass is 525 g/mol. The zero-order chi connectivity index (χ0) is 27.1. The zero-order valence-corrected chi connectivity index (χ0v) is 22.0. The van der Waals surface area contributed by atoms with Crippen molar-refractivity contribution in [2.75, 3.05) is 0 Å². The number of hydrogen-bond acceptors (Lipinski definition) is 2. The van der Waals surface area contributed by atoms with Crippen LogP contribution in [0.15, 0.2) is 144 Å². The van der Waals surface area contributed by atoms with Gasteiger partial charge in [-0.25, -0.2) is 0 Å². The van der Waals surface area contributed by atoms with Crippen molar-refractivity contribution in [3.8, 4) is 28.3 Å². The third-order valence-electron chi connectivity index (χ3n) is 8.87. The van der Waals surface area contributed by atoms with Crippen molar-refractivity contribution in [3.63, 3.8) is 0 Å². The highest BCUT2D eigenvalue weighted by atomic mass is 16.5. The molecule has 9 rings (SSSR count). The number of rotatable bonds is 1. The molecule has 3 heterocycles. The smallest absolute Gasteiger partial charge is 0.263 e. The van der Waals surface area contributed by atoms with Crippen LogP contribution in [0.25, 0.3) is 38.5 Å². The van der Waals surface area contributed by atoms with Crippen LogP contribution in [0.4, 0.5) is 0 Å². The maximum atomic E-state index is 14.5. The molecule has 0 bridgehead atoms. The standard InChI is InChI=1S/C38H23NO2/c40-37-27-22-21-25(24-11-2-1-3-12-24)23-28(27)26-13-10-17-32-36(26)39(37)33-18-7-4-14-29(33)38(32)30-15-5-8-19-34(30)41-35-20-9-6-16-31(35)38/h1-23H. The summed E-state index contributed by atoms with van der Waals surface area (Å²) < 4.78 is 8.43. The Balaban J connectivity index is 1.51. The Labute approximate surface area is 236 Å². The Morgan fingerprint density at radius 3 is 1.88 bits per heavy atom. The molecule has 0 radical (unpaired) electrons. The lowest BCUT2D eigenvalue weighted by Crippen LogP contribution is -2.40. The predicted molar refractivity (Wildman–Crippen MR) is 164 cm³/mol. The molecule has 3 heteroatoms. The van der Waals surface area contributed by atoms with E-state index in [-0.39, 0.29) is 5.56 Å². The summed E-state index contributed by atoms with van der Waals surface area (Å²) in [5, 5.41) is 2.74. The van der Waals surface area contributed by atoms with Gasteiger partial charge in [0.2, 0.25) is 0 Å². The van der Waals surface area contributed by atoms with Crippen LogP contribution < -0.4 is 10.3 Å². The highest BCUT2D eigenvalue weighted by Crippen LogP contribution is 2.59. The largest absolute Gasteiger partial charge is 0.457 e. The average Bonchev–Trinajstić information content (AvgIpc) is 3.04. The van der Waals surface area contributed by atoms with E-state index in [1.54, 1.807) is 0 Å². The fourth-order valence-corrected chi connectivity index (χ4v) is 7.23. The van der Waals surface area contributed by atoms with Crippen molar-refractivity contribution in [3.05, 3.63) is 172 Å². The lowest BCUT2D eigenvalue weighted by atomic mass is 9.61. The summed E-state index contributed by atoms with van der Waals surface area (Å²) >= 11 is 0. The molecule has 1 aromatic heterocycles. The number of benzene rings is 6. The predicted octanol–water partition coefficient (Wildman–Crippen LogP) is 8.61. The van der Waals surface area contributed by atoms with Crippen LogP contribution in [0, 0.1) is 0 Å². The van der Waals surface area contributed by atoms with Gasteiger partial charge in [0.1, 0.15) is 11.5 Å². The summed E-state index contributed by atoms with van der Waals surface area (Å²) in [7, 11) is 0. The first kappa shape index (κ1) is 22.4. The molecule has 0 N–H and O–H groups in total. The molecule has 0 unspecified atom stereocenters. The second-order valence-corrected chi connectivity index (χ2v) is 10.8. The molecular formula is C38H23NO2. The van der Waals surface area contributed by atoms with E-state index in [1.165, 1.54) is 0 Å². The Hall–Kier alpha value is -5.41. The van der Waals surface area contributed by atoms with E-state index < -0.39 is 5.41 Å². The molecule has 2 aliphatic heterocycles. The third kappa shape index (κ3) is 2.80. The van der Waals surface area contributed by atoms with Gasteiger partial charge in [-0.15, -0.1) is 0 Å². The van der Waals surface area contributed by atoms with E-state index in [4.69, 9.17) is 4.74 Å². The number of hydrogen-bond donors (Lipinski definition) is 0. The van der Waals surface area contributed by atoms with Crippen molar-refractivity contribution in [1.82, 2.24) is 4.57 Å². The van der Waals surface area contributed by atoms with Gasteiger partial charge in [-0.1, -0.05) is 109 Å². The minimum absolute atomic E-state index is 0.00417. The molecule has 41 heavy (non-hydrogen) atoms. The number of pyridine rings is 1. The lowest BCUT2D eigenvalue weighted by Gasteiger charge is -2.45. The molecule has 0 amide bonds. The van der Waals surface area contributed by atoms with Crippen molar-refractivity contribution in [2.45, 2.75) is 5.41 Å². The van der Waals surface area contributed by atoms with Crippen molar-refractivity contribution >= 4 is 21.7 Å². The number of nitrogens with zero attached hydrogens (tertiary/aromatic N) is 1. The maximum absolute atomic E-state index is 14.5. The fraction of sp³-hybridized carbons (Fsp3) is 0.0263.